The van der Waals surface area contributed by atoms with Crippen LogP contribution in [0.1, 0.15) is 31.4 Å². The van der Waals surface area contributed by atoms with Crippen molar-refractivity contribution in [1.29, 1.82) is 0 Å². The molecule has 6 heterocycles. The molecule has 0 amide bonds. The summed E-state index contributed by atoms with van der Waals surface area (Å²) < 4.78 is 28.1. The smallest absolute Gasteiger partial charge is 0.227 e. The molecular formula is C22H25N9O2S. The van der Waals surface area contributed by atoms with Gasteiger partial charge >= 0.3 is 0 Å². The highest BCUT2D eigenvalue weighted by molar-refractivity contribution is 7.91. The van der Waals surface area contributed by atoms with Gasteiger partial charge in [0.2, 0.25) is 10.0 Å². The van der Waals surface area contributed by atoms with E-state index in [4.69, 9.17) is 4.98 Å². The van der Waals surface area contributed by atoms with Crippen LogP contribution in [-0.2, 0) is 10.0 Å². The highest BCUT2D eigenvalue weighted by atomic mass is 32.2. The van der Waals surface area contributed by atoms with Crippen LogP contribution in [0.15, 0.2) is 40.7 Å². The quantitative estimate of drug-likeness (QED) is 0.493. The van der Waals surface area contributed by atoms with Crippen LogP contribution in [0.3, 0.4) is 0 Å². The van der Waals surface area contributed by atoms with Crippen molar-refractivity contribution in [1.82, 2.24) is 24.5 Å². The lowest BCUT2D eigenvalue weighted by Crippen LogP contribution is -2.52. The molecule has 6 rings (SSSR count). The summed E-state index contributed by atoms with van der Waals surface area (Å²) in [5.41, 5.74) is 1.77. The van der Waals surface area contributed by atoms with Crippen LogP contribution in [0.4, 0.5) is 17.5 Å². The van der Waals surface area contributed by atoms with E-state index in [-0.39, 0.29) is 18.1 Å². The van der Waals surface area contributed by atoms with Crippen LogP contribution in [0.5, 0.6) is 0 Å². The van der Waals surface area contributed by atoms with Crippen LogP contribution >= 0.6 is 0 Å². The SMILES string of the molecule is Cc1cc(Nc2cc3ncccc3c(NC3C[C@H]4CC[C@@H](C3)N4S(=O)(=O)C3C=NN=C3)n2)n[nH]1. The third kappa shape index (κ3) is 3.72. The average molecular weight is 480 g/mol. The highest BCUT2D eigenvalue weighted by Gasteiger charge is 2.49. The van der Waals surface area contributed by atoms with Gasteiger partial charge in [0.1, 0.15) is 16.9 Å². The fourth-order valence-electron chi connectivity index (χ4n) is 5.26. The molecular weight excluding hydrogens is 454 g/mol. The van der Waals surface area contributed by atoms with Crippen LogP contribution in [0, 0.1) is 6.92 Å². The molecule has 0 saturated carbocycles. The number of sulfonamides is 1. The van der Waals surface area contributed by atoms with Crippen molar-refractivity contribution in [2.24, 2.45) is 10.2 Å². The summed E-state index contributed by atoms with van der Waals surface area (Å²) in [7, 11) is -3.51. The van der Waals surface area contributed by atoms with Crippen molar-refractivity contribution in [3.8, 4) is 0 Å². The molecule has 3 aliphatic heterocycles. The van der Waals surface area contributed by atoms with Gasteiger partial charge in [-0.1, -0.05) is 0 Å². The third-order valence-electron chi connectivity index (χ3n) is 6.70. The number of hydrogen-bond acceptors (Lipinski definition) is 9. The van der Waals surface area contributed by atoms with Crippen molar-refractivity contribution in [2.75, 3.05) is 10.6 Å². The normalized spacial score (nSPS) is 24.8. The van der Waals surface area contributed by atoms with Crippen LogP contribution in [0.2, 0.25) is 0 Å². The van der Waals surface area contributed by atoms with Crippen molar-refractivity contribution in [2.45, 2.75) is 56.0 Å². The van der Waals surface area contributed by atoms with Gasteiger partial charge in [0, 0.05) is 47.5 Å². The Morgan fingerprint density at radius 3 is 2.56 bits per heavy atom. The van der Waals surface area contributed by atoms with Crippen molar-refractivity contribution in [3.05, 3.63) is 36.2 Å². The molecule has 12 heteroatoms. The van der Waals surface area contributed by atoms with Gasteiger partial charge < -0.3 is 10.6 Å². The number of nitrogens with zero attached hydrogens (tertiary/aromatic N) is 6. The first-order chi connectivity index (χ1) is 16.5. The Labute approximate surface area is 196 Å². The van der Waals surface area contributed by atoms with Gasteiger partial charge in [0.15, 0.2) is 5.82 Å². The summed E-state index contributed by atoms with van der Waals surface area (Å²) in [5.74, 6) is 2.06. The van der Waals surface area contributed by atoms with Crippen LogP contribution in [-0.4, -0.2) is 68.7 Å². The number of nitrogens with one attached hydrogen (secondary N) is 3. The molecule has 0 spiro atoms. The van der Waals surface area contributed by atoms with E-state index >= 15 is 0 Å². The molecule has 2 fully saturated rings. The summed E-state index contributed by atoms with van der Waals surface area (Å²) in [6.45, 7) is 1.94. The molecule has 0 radical (unpaired) electrons. The minimum absolute atomic E-state index is 0.0404. The van der Waals surface area contributed by atoms with E-state index in [0.717, 1.165) is 48.1 Å². The van der Waals surface area contributed by atoms with E-state index in [1.165, 1.54) is 12.4 Å². The first-order valence-corrected chi connectivity index (χ1v) is 12.9. The first-order valence-electron chi connectivity index (χ1n) is 11.4. The summed E-state index contributed by atoms with van der Waals surface area (Å²) >= 11 is 0. The number of hydrogen-bond donors (Lipinski definition) is 3. The number of aromatic amines is 1. The van der Waals surface area contributed by atoms with Gasteiger partial charge in [-0.05, 0) is 44.7 Å². The predicted molar refractivity (Wildman–Crippen MR) is 131 cm³/mol. The predicted octanol–water partition coefficient (Wildman–Crippen LogP) is 2.58. The molecule has 3 aromatic heterocycles. The summed E-state index contributed by atoms with van der Waals surface area (Å²) in [4.78, 5) is 9.33. The molecule has 2 saturated heterocycles. The van der Waals surface area contributed by atoms with Gasteiger partial charge in [0.25, 0.3) is 0 Å². The van der Waals surface area contributed by atoms with E-state index in [9.17, 15) is 8.42 Å². The summed E-state index contributed by atoms with van der Waals surface area (Å²) in [5, 5.41) is 21.6. The lowest BCUT2D eigenvalue weighted by molar-refractivity contribution is 0.235. The van der Waals surface area contributed by atoms with Crippen LogP contribution in [0.25, 0.3) is 10.9 Å². The number of pyridine rings is 2. The number of anilines is 3. The Balaban J connectivity index is 1.25. The Hall–Kier alpha value is -3.38. The standard InChI is InChI=1S/C22H25N9O2S/c1-13-7-21(30-29-13)27-20-10-19-18(3-2-6-23-19)22(28-20)26-14-8-15-4-5-16(9-14)31(15)34(32,33)17-11-24-25-12-17/h2-3,6-7,10-12,14-17H,4-5,8-9H2,1H3,(H3,26,27,28,29,30)/t14?,15-,16+. The second-order valence-corrected chi connectivity index (χ2v) is 11.0. The van der Waals surface area contributed by atoms with E-state index in [0.29, 0.717) is 11.6 Å². The van der Waals surface area contributed by atoms with E-state index in [2.05, 4.69) is 36.0 Å². The molecule has 3 aliphatic rings. The fourth-order valence-corrected chi connectivity index (χ4v) is 7.18. The molecule has 0 aliphatic carbocycles. The second-order valence-electron chi connectivity index (χ2n) is 9.05. The zero-order valence-electron chi connectivity index (χ0n) is 18.6. The van der Waals surface area contributed by atoms with Gasteiger partial charge in [-0.25, -0.2) is 13.4 Å². The third-order valence-corrected chi connectivity index (χ3v) is 8.82. The largest absolute Gasteiger partial charge is 0.367 e. The molecule has 3 N–H and O–H groups in total. The van der Waals surface area contributed by atoms with Gasteiger partial charge in [-0.2, -0.15) is 19.6 Å². The van der Waals surface area contributed by atoms with Gasteiger partial charge in [-0.3, -0.25) is 10.1 Å². The molecule has 11 nitrogen and oxygen atoms in total. The van der Waals surface area contributed by atoms with Gasteiger partial charge in [-0.15, -0.1) is 0 Å². The molecule has 176 valence electrons. The zero-order valence-corrected chi connectivity index (χ0v) is 19.4. The maximum Gasteiger partial charge on any atom is 0.227 e. The molecule has 0 aromatic carbocycles. The maximum atomic E-state index is 13.2. The Morgan fingerprint density at radius 2 is 1.85 bits per heavy atom. The van der Waals surface area contributed by atoms with Crippen LogP contribution < -0.4 is 10.6 Å². The Kier molecular flexibility index (Phi) is 5.06. The lowest BCUT2D eigenvalue weighted by Gasteiger charge is -2.39. The number of rotatable bonds is 6. The Bertz CT molecular complexity index is 1370. The number of fused-ring (bicyclic) bond motifs is 3. The zero-order chi connectivity index (χ0) is 23.3. The summed E-state index contributed by atoms with van der Waals surface area (Å²) in [6.07, 6.45) is 7.72. The maximum absolute atomic E-state index is 13.2. The highest BCUT2D eigenvalue weighted by Crippen LogP contribution is 2.40. The van der Waals surface area contributed by atoms with E-state index in [1.54, 1.807) is 10.5 Å². The number of aryl methyl sites for hydroxylation is 1. The lowest BCUT2D eigenvalue weighted by atomic mass is 9.99. The topological polar surface area (TPSA) is 141 Å². The van der Waals surface area contributed by atoms with Gasteiger partial charge in [0.05, 0.1) is 17.9 Å². The molecule has 3 aromatic rings. The summed E-state index contributed by atoms with van der Waals surface area (Å²) in [6, 6.07) is 7.71. The number of piperidine rings is 1. The molecule has 34 heavy (non-hydrogen) atoms. The molecule has 3 atom stereocenters. The van der Waals surface area contributed by atoms with Crippen molar-refractivity contribution in [3.63, 3.8) is 0 Å². The average Bonchev–Trinajstić information content (AvgIpc) is 3.55. The molecule has 1 unspecified atom stereocenters. The first kappa shape index (κ1) is 21.2. The fraction of sp³-hybridized carbons (Fsp3) is 0.409. The number of H-pyrrole nitrogens is 1. The van der Waals surface area contributed by atoms with E-state index < -0.39 is 15.3 Å². The molecule has 2 bridgehead atoms. The van der Waals surface area contributed by atoms with E-state index in [1.807, 2.05) is 31.2 Å². The second kappa shape index (κ2) is 8.13. The van der Waals surface area contributed by atoms with Crippen molar-refractivity contribution < 1.29 is 8.42 Å². The van der Waals surface area contributed by atoms with Crippen molar-refractivity contribution >= 4 is 50.8 Å². The monoisotopic (exact) mass is 479 g/mol. The Morgan fingerprint density at radius 1 is 1.09 bits per heavy atom. The number of aromatic nitrogens is 4. The minimum Gasteiger partial charge on any atom is -0.367 e. The minimum atomic E-state index is -3.51.